The molecule has 0 saturated heterocycles. The number of alkyl halides is 3. The van der Waals surface area contributed by atoms with Crippen molar-refractivity contribution >= 4 is 23.2 Å². The van der Waals surface area contributed by atoms with E-state index >= 15 is 0 Å². The molecule has 0 aliphatic heterocycles. The number of halogens is 3. The molecule has 22 heavy (non-hydrogen) atoms. The summed E-state index contributed by atoms with van der Waals surface area (Å²) in [6.07, 6.45) is -3.56. The molecule has 11 heteroatoms. The van der Waals surface area contributed by atoms with E-state index in [-0.39, 0.29) is 11.5 Å². The summed E-state index contributed by atoms with van der Waals surface area (Å²) in [7, 11) is 0. The van der Waals surface area contributed by atoms with Crippen LogP contribution in [0.5, 0.6) is 0 Å². The Morgan fingerprint density at radius 2 is 2.18 bits per heavy atom. The molecule has 0 atom stereocenters. The normalized spacial score (nSPS) is 12.2. The van der Waals surface area contributed by atoms with E-state index in [1.54, 1.807) is 0 Å². The van der Waals surface area contributed by atoms with Crippen LogP contribution in [0.2, 0.25) is 0 Å². The maximum Gasteiger partial charge on any atom is 0.433 e. The van der Waals surface area contributed by atoms with Crippen molar-refractivity contribution in [2.45, 2.75) is 18.0 Å². The molecule has 0 unspecified atom stereocenters. The van der Waals surface area contributed by atoms with Crippen molar-refractivity contribution in [3.05, 3.63) is 18.1 Å². The average molecular weight is 329 g/mol. The maximum atomic E-state index is 12.7. The van der Waals surface area contributed by atoms with Crippen LogP contribution in [0.3, 0.4) is 0 Å². The minimum atomic E-state index is -4.53. The van der Waals surface area contributed by atoms with Crippen LogP contribution in [-0.4, -0.2) is 35.5 Å². The molecule has 3 aromatic rings. The molecule has 0 bridgehead atoms. The minimum Gasteiger partial charge on any atom is -0.383 e. The third-order valence-electron chi connectivity index (χ3n) is 2.77. The highest BCUT2D eigenvalue weighted by Crippen LogP contribution is 2.33. The molecule has 3 N–H and O–H groups in total. The number of aromatic nitrogens is 6. The van der Waals surface area contributed by atoms with Gasteiger partial charge >= 0.3 is 6.18 Å². The maximum absolute atomic E-state index is 12.7. The van der Waals surface area contributed by atoms with Gasteiger partial charge in [-0.3, -0.25) is 5.10 Å². The van der Waals surface area contributed by atoms with Gasteiger partial charge in [0.15, 0.2) is 5.65 Å². The van der Waals surface area contributed by atoms with Gasteiger partial charge < -0.3 is 5.73 Å². The molecule has 3 aromatic heterocycles. The van der Waals surface area contributed by atoms with E-state index in [0.717, 1.165) is 22.7 Å². The SMILES string of the molecule is CCSc1c(-c2nc3cc(C(F)(F)F)ncn3n2)n[nH]c1N. The third-order valence-corrected chi connectivity index (χ3v) is 3.76. The van der Waals surface area contributed by atoms with Crippen molar-refractivity contribution in [1.29, 1.82) is 0 Å². The van der Waals surface area contributed by atoms with Crippen LogP contribution in [-0.2, 0) is 6.18 Å². The highest BCUT2D eigenvalue weighted by molar-refractivity contribution is 7.99. The summed E-state index contributed by atoms with van der Waals surface area (Å²) in [4.78, 5) is 8.07. The van der Waals surface area contributed by atoms with Crippen molar-refractivity contribution in [3.8, 4) is 11.5 Å². The summed E-state index contributed by atoms with van der Waals surface area (Å²) in [5.41, 5.74) is 5.19. The Balaban J connectivity index is 2.09. The summed E-state index contributed by atoms with van der Waals surface area (Å²) < 4.78 is 39.1. The fourth-order valence-electron chi connectivity index (χ4n) is 1.84. The standard InChI is InChI=1S/C11H10F3N7S/c1-2-22-8-7(18-19-9(8)15)10-17-6-3-5(11(12,13)14)16-4-21(6)20-10/h3-4H,2H2,1H3,(H3,15,18,19). The first-order valence-electron chi connectivity index (χ1n) is 6.16. The lowest BCUT2D eigenvalue weighted by Gasteiger charge is -2.03. The van der Waals surface area contributed by atoms with Crippen LogP contribution in [0, 0.1) is 0 Å². The average Bonchev–Trinajstić information content (AvgIpc) is 3.01. The number of nitrogens with two attached hydrogens (primary N) is 1. The largest absolute Gasteiger partial charge is 0.433 e. The molecule has 0 radical (unpaired) electrons. The fraction of sp³-hybridized carbons (Fsp3) is 0.273. The van der Waals surface area contributed by atoms with Crippen LogP contribution in [0.1, 0.15) is 12.6 Å². The molecule has 3 heterocycles. The van der Waals surface area contributed by atoms with Crippen molar-refractivity contribution < 1.29 is 13.2 Å². The van der Waals surface area contributed by atoms with E-state index in [2.05, 4.69) is 25.3 Å². The Morgan fingerprint density at radius 3 is 2.86 bits per heavy atom. The van der Waals surface area contributed by atoms with Crippen LogP contribution in [0.4, 0.5) is 19.0 Å². The van der Waals surface area contributed by atoms with Gasteiger partial charge in [0.2, 0.25) is 5.82 Å². The summed E-state index contributed by atoms with van der Waals surface area (Å²) in [6.45, 7) is 1.94. The van der Waals surface area contributed by atoms with E-state index in [9.17, 15) is 13.2 Å². The van der Waals surface area contributed by atoms with Gasteiger partial charge in [-0.25, -0.2) is 14.5 Å². The van der Waals surface area contributed by atoms with Crippen LogP contribution in [0.25, 0.3) is 17.2 Å². The summed E-state index contributed by atoms with van der Waals surface area (Å²) in [5, 5.41) is 10.7. The van der Waals surface area contributed by atoms with Gasteiger partial charge in [-0.1, -0.05) is 6.92 Å². The molecule has 116 valence electrons. The number of nitrogens with one attached hydrogen (secondary N) is 1. The van der Waals surface area contributed by atoms with Gasteiger partial charge in [0, 0.05) is 6.07 Å². The Labute approximate surface area is 126 Å². The predicted octanol–water partition coefficient (Wildman–Crippen LogP) is 2.23. The zero-order valence-electron chi connectivity index (χ0n) is 11.2. The van der Waals surface area contributed by atoms with Crippen LogP contribution < -0.4 is 5.73 Å². The number of hydrogen-bond donors (Lipinski definition) is 2. The Hall–Kier alpha value is -2.30. The Morgan fingerprint density at radius 1 is 1.41 bits per heavy atom. The molecule has 0 aliphatic carbocycles. The van der Waals surface area contributed by atoms with E-state index in [1.807, 2.05) is 6.92 Å². The molecule has 0 fully saturated rings. The highest BCUT2D eigenvalue weighted by atomic mass is 32.2. The molecule has 0 saturated carbocycles. The van der Waals surface area contributed by atoms with Crippen LogP contribution in [0.15, 0.2) is 17.3 Å². The van der Waals surface area contributed by atoms with Crippen molar-refractivity contribution in [2.24, 2.45) is 0 Å². The number of nitrogens with zero attached hydrogens (tertiary/aromatic N) is 5. The molecule has 3 rings (SSSR count). The first kappa shape index (κ1) is 14.6. The lowest BCUT2D eigenvalue weighted by molar-refractivity contribution is -0.141. The van der Waals surface area contributed by atoms with Crippen molar-refractivity contribution in [3.63, 3.8) is 0 Å². The number of H-pyrrole nitrogens is 1. The second-order valence-corrected chi connectivity index (χ2v) is 5.53. The van der Waals surface area contributed by atoms with E-state index in [4.69, 9.17) is 5.73 Å². The van der Waals surface area contributed by atoms with E-state index in [0.29, 0.717) is 16.4 Å². The topological polar surface area (TPSA) is 97.8 Å². The zero-order valence-corrected chi connectivity index (χ0v) is 12.0. The quantitative estimate of drug-likeness (QED) is 0.715. The number of aromatic amines is 1. The molecule has 0 aliphatic rings. The van der Waals surface area contributed by atoms with Gasteiger partial charge in [-0.15, -0.1) is 16.9 Å². The molecular weight excluding hydrogens is 319 g/mol. The number of thioether (sulfide) groups is 1. The fourth-order valence-corrected chi connectivity index (χ4v) is 2.60. The number of hydrogen-bond acceptors (Lipinski definition) is 6. The summed E-state index contributed by atoms with van der Waals surface area (Å²) >= 11 is 1.44. The number of anilines is 1. The first-order valence-corrected chi connectivity index (χ1v) is 7.15. The van der Waals surface area contributed by atoms with E-state index < -0.39 is 11.9 Å². The number of fused-ring (bicyclic) bond motifs is 1. The molecular formula is C11H10F3N7S. The number of rotatable bonds is 3. The lowest BCUT2D eigenvalue weighted by Crippen LogP contribution is -2.08. The lowest BCUT2D eigenvalue weighted by atomic mass is 10.4. The summed E-state index contributed by atoms with van der Waals surface area (Å²) in [5.74, 6) is 1.31. The minimum absolute atomic E-state index is 0.0337. The monoisotopic (exact) mass is 329 g/mol. The highest BCUT2D eigenvalue weighted by Gasteiger charge is 2.33. The Bertz CT molecular complexity index is 823. The molecule has 0 spiro atoms. The van der Waals surface area contributed by atoms with Crippen molar-refractivity contribution in [2.75, 3.05) is 11.5 Å². The first-order chi connectivity index (χ1) is 10.4. The smallest absolute Gasteiger partial charge is 0.383 e. The second kappa shape index (κ2) is 5.16. The van der Waals surface area contributed by atoms with E-state index in [1.165, 1.54) is 11.8 Å². The predicted molar refractivity (Wildman–Crippen MR) is 74.2 cm³/mol. The Kier molecular flexibility index (Phi) is 3.43. The zero-order chi connectivity index (χ0) is 15.9. The molecule has 7 nitrogen and oxygen atoms in total. The van der Waals surface area contributed by atoms with Gasteiger partial charge in [0.25, 0.3) is 0 Å². The van der Waals surface area contributed by atoms with Gasteiger partial charge in [-0.2, -0.15) is 18.3 Å². The number of nitrogen functional groups attached to an aromatic ring is 1. The second-order valence-electron chi connectivity index (χ2n) is 4.26. The van der Waals surface area contributed by atoms with Crippen molar-refractivity contribution in [1.82, 2.24) is 29.8 Å². The third kappa shape index (κ3) is 2.47. The van der Waals surface area contributed by atoms with Crippen LogP contribution >= 0.6 is 11.8 Å². The summed E-state index contributed by atoms with van der Waals surface area (Å²) in [6, 6.07) is 0.832. The van der Waals surface area contributed by atoms with Gasteiger partial charge in [0.05, 0.1) is 4.90 Å². The van der Waals surface area contributed by atoms with Gasteiger partial charge in [0.1, 0.15) is 23.5 Å². The molecule has 0 amide bonds. The van der Waals surface area contributed by atoms with Gasteiger partial charge in [-0.05, 0) is 5.75 Å². The molecule has 0 aromatic carbocycles.